The van der Waals surface area contributed by atoms with Gasteiger partial charge in [0.15, 0.2) is 0 Å². The lowest BCUT2D eigenvalue weighted by Gasteiger charge is -2.16. The zero-order chi connectivity index (χ0) is 10.8. The minimum Gasteiger partial charge on any atom is -0.324 e. The highest BCUT2D eigenvalue weighted by molar-refractivity contribution is 5.80. The number of rotatable bonds is 3. The molecule has 0 radical (unpaired) electrons. The van der Waals surface area contributed by atoms with Crippen molar-refractivity contribution in [2.75, 3.05) is 6.54 Å². The minimum atomic E-state index is -2.55. The summed E-state index contributed by atoms with van der Waals surface area (Å²) in [5, 5.41) is 0. The number of halogens is 2. The lowest BCUT2D eigenvalue weighted by Crippen LogP contribution is -2.31. The van der Waals surface area contributed by atoms with Crippen LogP contribution in [-0.4, -0.2) is 33.3 Å². The van der Waals surface area contributed by atoms with Gasteiger partial charge in [0.25, 0.3) is 0 Å². The van der Waals surface area contributed by atoms with E-state index < -0.39 is 18.3 Å². The molecule has 0 bridgehead atoms. The topological polar surface area (TPSA) is 38.1 Å². The van der Waals surface area contributed by atoms with E-state index in [0.717, 1.165) is 0 Å². The molecule has 1 amide bonds. The van der Waals surface area contributed by atoms with Crippen molar-refractivity contribution in [3.05, 3.63) is 18.7 Å². The number of carbonyl (C=O) groups is 1. The molecule has 0 aromatic carbocycles. The van der Waals surface area contributed by atoms with Gasteiger partial charge in [-0.25, -0.2) is 13.8 Å². The predicted octanol–water partition coefficient (Wildman–Crippen LogP) is 0.954. The van der Waals surface area contributed by atoms with Crippen LogP contribution >= 0.6 is 0 Å². The van der Waals surface area contributed by atoms with Crippen LogP contribution in [0.1, 0.15) is 6.42 Å². The number of likely N-dealkylation sites (tertiary alicyclic amines) is 1. The fraction of sp³-hybridized carbons (Fsp3) is 0.556. The van der Waals surface area contributed by atoms with Gasteiger partial charge in [0.05, 0.1) is 13.0 Å². The van der Waals surface area contributed by atoms with Crippen molar-refractivity contribution in [3.8, 4) is 0 Å². The van der Waals surface area contributed by atoms with E-state index in [-0.39, 0.29) is 6.42 Å². The Hall–Kier alpha value is -1.46. The molecule has 1 aromatic heterocycles. The zero-order valence-electron chi connectivity index (χ0n) is 8.01. The molecule has 0 aliphatic carbocycles. The molecule has 1 fully saturated rings. The Labute approximate surface area is 85.5 Å². The largest absolute Gasteiger partial charge is 0.324 e. The SMILES string of the molecule is O=C1C(C(F)F)CCN1Cn1ccnc1. The molecule has 2 heterocycles. The number of amides is 1. The smallest absolute Gasteiger partial charge is 0.250 e. The highest BCUT2D eigenvalue weighted by Crippen LogP contribution is 2.24. The van der Waals surface area contributed by atoms with Gasteiger partial charge in [-0.3, -0.25) is 4.79 Å². The van der Waals surface area contributed by atoms with E-state index in [1.807, 2.05) is 0 Å². The van der Waals surface area contributed by atoms with Gasteiger partial charge in [-0.1, -0.05) is 0 Å². The van der Waals surface area contributed by atoms with E-state index >= 15 is 0 Å². The van der Waals surface area contributed by atoms with Gasteiger partial charge in [0.1, 0.15) is 5.92 Å². The molecule has 4 nitrogen and oxygen atoms in total. The maximum atomic E-state index is 12.4. The van der Waals surface area contributed by atoms with Crippen molar-refractivity contribution in [2.45, 2.75) is 19.5 Å². The van der Waals surface area contributed by atoms with Gasteiger partial charge < -0.3 is 9.47 Å². The van der Waals surface area contributed by atoms with Crippen molar-refractivity contribution >= 4 is 5.91 Å². The molecule has 82 valence electrons. The molecule has 1 aliphatic rings. The molecule has 0 N–H and O–H groups in total. The third-order valence-electron chi connectivity index (χ3n) is 2.54. The Kier molecular flexibility index (Phi) is 2.66. The van der Waals surface area contributed by atoms with Crippen LogP contribution in [0.5, 0.6) is 0 Å². The molecular weight excluding hydrogens is 204 g/mol. The quantitative estimate of drug-likeness (QED) is 0.753. The highest BCUT2D eigenvalue weighted by Gasteiger charge is 2.37. The molecule has 1 atom stereocenters. The summed E-state index contributed by atoms with van der Waals surface area (Å²) in [6.07, 6.45) is 2.53. The third-order valence-corrected chi connectivity index (χ3v) is 2.54. The van der Waals surface area contributed by atoms with E-state index in [9.17, 15) is 13.6 Å². The summed E-state index contributed by atoms with van der Waals surface area (Å²) in [5.41, 5.74) is 0. The fourth-order valence-electron chi connectivity index (χ4n) is 1.70. The summed E-state index contributed by atoms with van der Waals surface area (Å²) in [5.74, 6) is -1.58. The maximum Gasteiger partial charge on any atom is 0.250 e. The predicted molar refractivity (Wildman–Crippen MR) is 48.1 cm³/mol. The Morgan fingerprint density at radius 2 is 2.40 bits per heavy atom. The summed E-state index contributed by atoms with van der Waals surface area (Å²) in [6, 6.07) is 0. The van der Waals surface area contributed by atoms with Crippen molar-refractivity contribution in [1.29, 1.82) is 0 Å². The second-order valence-electron chi connectivity index (χ2n) is 3.55. The normalized spacial score (nSPS) is 21.7. The lowest BCUT2D eigenvalue weighted by molar-refractivity contribution is -0.136. The first kappa shape index (κ1) is 10.1. The van der Waals surface area contributed by atoms with Crippen LogP contribution in [0.25, 0.3) is 0 Å². The summed E-state index contributed by atoms with van der Waals surface area (Å²) < 4.78 is 26.4. The number of hydrogen-bond acceptors (Lipinski definition) is 2. The first-order chi connectivity index (χ1) is 7.18. The van der Waals surface area contributed by atoms with Gasteiger partial charge in [-0.15, -0.1) is 0 Å². The molecule has 1 unspecified atom stereocenters. The average molecular weight is 215 g/mol. The van der Waals surface area contributed by atoms with Gasteiger partial charge in [-0.05, 0) is 6.42 Å². The van der Waals surface area contributed by atoms with E-state index in [1.54, 1.807) is 23.3 Å². The van der Waals surface area contributed by atoms with E-state index in [1.165, 1.54) is 4.90 Å². The van der Waals surface area contributed by atoms with Crippen LogP contribution in [-0.2, 0) is 11.5 Å². The second-order valence-corrected chi connectivity index (χ2v) is 3.55. The van der Waals surface area contributed by atoms with Crippen LogP contribution in [0, 0.1) is 5.92 Å². The molecule has 2 rings (SSSR count). The Bertz CT molecular complexity index is 339. The van der Waals surface area contributed by atoms with Gasteiger partial charge >= 0.3 is 0 Å². The molecule has 1 saturated heterocycles. The standard InChI is InChI=1S/C9H11F2N3O/c10-8(11)7-1-3-14(9(7)15)6-13-4-2-12-5-13/h2,4-5,7-8H,1,3,6H2. The van der Waals surface area contributed by atoms with Crippen LogP contribution < -0.4 is 0 Å². The average Bonchev–Trinajstić information content (AvgIpc) is 2.78. The van der Waals surface area contributed by atoms with E-state index in [0.29, 0.717) is 13.2 Å². The number of hydrogen-bond donors (Lipinski definition) is 0. The Morgan fingerprint density at radius 1 is 1.60 bits per heavy atom. The summed E-state index contributed by atoms with van der Waals surface area (Å²) >= 11 is 0. The van der Waals surface area contributed by atoms with E-state index in [2.05, 4.69) is 4.98 Å². The zero-order valence-corrected chi connectivity index (χ0v) is 8.01. The van der Waals surface area contributed by atoms with Crippen molar-refractivity contribution in [3.63, 3.8) is 0 Å². The Morgan fingerprint density at radius 3 is 2.93 bits per heavy atom. The van der Waals surface area contributed by atoms with Gasteiger partial charge in [-0.2, -0.15) is 0 Å². The van der Waals surface area contributed by atoms with Crippen LogP contribution in [0.4, 0.5) is 8.78 Å². The number of imidazole rings is 1. The monoisotopic (exact) mass is 215 g/mol. The molecule has 15 heavy (non-hydrogen) atoms. The minimum absolute atomic E-state index is 0.241. The fourth-order valence-corrected chi connectivity index (χ4v) is 1.70. The summed E-state index contributed by atoms with van der Waals surface area (Å²) in [4.78, 5) is 16.7. The molecule has 1 aromatic rings. The molecule has 6 heteroatoms. The van der Waals surface area contributed by atoms with Crippen molar-refractivity contribution < 1.29 is 13.6 Å². The number of aromatic nitrogens is 2. The van der Waals surface area contributed by atoms with Crippen LogP contribution in [0.2, 0.25) is 0 Å². The maximum absolute atomic E-state index is 12.4. The molecule has 0 saturated carbocycles. The van der Waals surface area contributed by atoms with E-state index in [4.69, 9.17) is 0 Å². The summed E-state index contributed by atoms with van der Waals surface area (Å²) in [6.45, 7) is 0.702. The lowest BCUT2D eigenvalue weighted by atomic mass is 10.1. The first-order valence-corrected chi connectivity index (χ1v) is 4.71. The van der Waals surface area contributed by atoms with Crippen LogP contribution in [0.3, 0.4) is 0 Å². The summed E-state index contributed by atoms with van der Waals surface area (Å²) in [7, 11) is 0. The van der Waals surface area contributed by atoms with Gasteiger partial charge in [0.2, 0.25) is 12.3 Å². The highest BCUT2D eigenvalue weighted by atomic mass is 19.3. The first-order valence-electron chi connectivity index (χ1n) is 4.71. The molecule has 0 spiro atoms. The Balaban J connectivity index is 1.99. The van der Waals surface area contributed by atoms with Crippen molar-refractivity contribution in [2.24, 2.45) is 5.92 Å². The molecule has 1 aliphatic heterocycles. The third kappa shape index (κ3) is 1.98. The number of nitrogens with zero attached hydrogens (tertiary/aromatic N) is 3. The van der Waals surface area contributed by atoms with Crippen molar-refractivity contribution in [1.82, 2.24) is 14.5 Å². The second kappa shape index (κ2) is 3.96. The van der Waals surface area contributed by atoms with Crippen LogP contribution in [0.15, 0.2) is 18.7 Å². The number of alkyl halides is 2. The molecular formula is C9H11F2N3O. The number of carbonyl (C=O) groups excluding carboxylic acids is 1. The van der Waals surface area contributed by atoms with Gasteiger partial charge in [0, 0.05) is 18.9 Å².